The molecular weight excluding hydrogens is 294 g/mol. The molecule has 2 aliphatic carbocycles. The van der Waals surface area contributed by atoms with Crippen molar-refractivity contribution < 1.29 is 14.4 Å². The maximum absolute atomic E-state index is 12.3. The van der Waals surface area contributed by atoms with E-state index in [1.54, 1.807) is 0 Å². The van der Waals surface area contributed by atoms with Crippen molar-refractivity contribution in [1.29, 1.82) is 0 Å². The summed E-state index contributed by atoms with van der Waals surface area (Å²) in [6, 6.07) is -0.0989. The van der Waals surface area contributed by atoms with Gasteiger partial charge in [-0.05, 0) is 42.4 Å². The van der Waals surface area contributed by atoms with E-state index in [1.807, 2.05) is 0 Å². The van der Waals surface area contributed by atoms with Crippen molar-refractivity contribution in [2.24, 2.45) is 16.7 Å². The second-order valence-electron chi connectivity index (χ2n) is 8.04. The molecule has 2 saturated carbocycles. The first kappa shape index (κ1) is 16.3. The Labute approximate surface area is 137 Å². The molecule has 3 atom stereocenters. The molecule has 128 valence electrons. The van der Waals surface area contributed by atoms with Crippen molar-refractivity contribution in [3.63, 3.8) is 0 Å². The van der Waals surface area contributed by atoms with Crippen LogP contribution in [0.2, 0.25) is 0 Å². The number of urea groups is 1. The number of rotatable bonds is 5. The summed E-state index contributed by atoms with van der Waals surface area (Å²) in [4.78, 5) is 36.4. The number of carbonyl (C=O) groups excluding carboxylic acids is 3. The van der Waals surface area contributed by atoms with Gasteiger partial charge in [-0.2, -0.15) is 0 Å². The van der Waals surface area contributed by atoms with Crippen LogP contribution in [0.5, 0.6) is 0 Å². The molecule has 1 saturated heterocycles. The Bertz CT molecular complexity index is 529. The van der Waals surface area contributed by atoms with E-state index in [4.69, 9.17) is 0 Å². The monoisotopic (exact) mass is 321 g/mol. The lowest BCUT2D eigenvalue weighted by molar-refractivity contribution is -0.126. The first-order valence-electron chi connectivity index (χ1n) is 8.63. The normalized spacial score (nSPS) is 34.8. The van der Waals surface area contributed by atoms with Gasteiger partial charge in [-0.1, -0.05) is 20.8 Å². The zero-order chi connectivity index (χ0) is 16.8. The second kappa shape index (κ2) is 5.49. The van der Waals surface area contributed by atoms with Crippen LogP contribution < -0.4 is 10.6 Å². The Morgan fingerprint density at radius 1 is 1.35 bits per heavy atom. The highest BCUT2D eigenvalue weighted by molar-refractivity contribution is 6.01. The highest BCUT2D eigenvalue weighted by Crippen LogP contribution is 2.65. The SMILES string of the molecule is CC1(C)[C@H]2CC[C@@]1(C)[C@@H](NC(=O)CCCN1C(=O)CNC1=O)C2. The molecule has 3 rings (SSSR count). The molecule has 0 spiro atoms. The van der Waals surface area contributed by atoms with Gasteiger partial charge in [-0.25, -0.2) is 4.79 Å². The van der Waals surface area contributed by atoms with Gasteiger partial charge in [0, 0.05) is 19.0 Å². The third kappa shape index (κ3) is 2.52. The molecule has 6 heteroatoms. The maximum atomic E-state index is 12.3. The summed E-state index contributed by atoms with van der Waals surface area (Å²) in [7, 11) is 0. The summed E-state index contributed by atoms with van der Waals surface area (Å²) in [6.45, 7) is 7.34. The molecule has 2 N–H and O–H groups in total. The summed E-state index contributed by atoms with van der Waals surface area (Å²) in [5.74, 6) is 0.521. The van der Waals surface area contributed by atoms with Crippen molar-refractivity contribution in [3.05, 3.63) is 0 Å². The predicted molar refractivity (Wildman–Crippen MR) is 85.5 cm³/mol. The minimum absolute atomic E-state index is 0.0339. The molecule has 2 bridgehead atoms. The Morgan fingerprint density at radius 2 is 2.09 bits per heavy atom. The van der Waals surface area contributed by atoms with E-state index < -0.39 is 0 Å². The number of hydrogen-bond donors (Lipinski definition) is 2. The Balaban J connectivity index is 1.47. The van der Waals surface area contributed by atoms with Crippen molar-refractivity contribution in [3.8, 4) is 0 Å². The van der Waals surface area contributed by atoms with E-state index in [0.717, 1.165) is 6.42 Å². The first-order valence-corrected chi connectivity index (χ1v) is 8.63. The van der Waals surface area contributed by atoms with E-state index in [2.05, 4.69) is 31.4 Å². The highest BCUT2D eigenvalue weighted by Gasteiger charge is 2.61. The number of amides is 4. The van der Waals surface area contributed by atoms with Gasteiger partial charge in [-0.15, -0.1) is 0 Å². The average Bonchev–Trinajstić information content (AvgIpc) is 2.98. The fourth-order valence-electron chi connectivity index (χ4n) is 4.77. The van der Waals surface area contributed by atoms with Crippen LogP contribution in [0.4, 0.5) is 4.79 Å². The molecule has 0 aromatic rings. The van der Waals surface area contributed by atoms with Crippen LogP contribution in [0, 0.1) is 16.7 Å². The van der Waals surface area contributed by atoms with Gasteiger partial charge < -0.3 is 10.6 Å². The quantitative estimate of drug-likeness (QED) is 0.756. The van der Waals surface area contributed by atoms with Gasteiger partial charge in [0.25, 0.3) is 0 Å². The van der Waals surface area contributed by atoms with E-state index in [0.29, 0.717) is 25.3 Å². The smallest absolute Gasteiger partial charge is 0.324 e. The summed E-state index contributed by atoms with van der Waals surface area (Å²) in [5.41, 5.74) is 0.461. The molecule has 1 aliphatic heterocycles. The number of nitrogens with zero attached hydrogens (tertiary/aromatic N) is 1. The summed E-state index contributed by atoms with van der Waals surface area (Å²) >= 11 is 0. The van der Waals surface area contributed by atoms with Crippen LogP contribution in [0.1, 0.15) is 52.9 Å². The number of imide groups is 1. The fraction of sp³-hybridized carbons (Fsp3) is 0.824. The van der Waals surface area contributed by atoms with Gasteiger partial charge >= 0.3 is 6.03 Å². The van der Waals surface area contributed by atoms with E-state index in [9.17, 15) is 14.4 Å². The highest BCUT2D eigenvalue weighted by atomic mass is 16.2. The van der Waals surface area contributed by atoms with Crippen LogP contribution in [0.3, 0.4) is 0 Å². The zero-order valence-corrected chi connectivity index (χ0v) is 14.3. The number of hydrogen-bond acceptors (Lipinski definition) is 3. The Hall–Kier alpha value is -1.59. The van der Waals surface area contributed by atoms with Crippen LogP contribution in [0.15, 0.2) is 0 Å². The number of fused-ring (bicyclic) bond motifs is 2. The van der Waals surface area contributed by atoms with Gasteiger partial charge in [-0.3, -0.25) is 14.5 Å². The van der Waals surface area contributed by atoms with Gasteiger partial charge in [0.05, 0.1) is 6.54 Å². The van der Waals surface area contributed by atoms with E-state index in [1.165, 1.54) is 17.7 Å². The molecule has 0 aromatic carbocycles. The van der Waals surface area contributed by atoms with Crippen molar-refractivity contribution in [2.75, 3.05) is 13.1 Å². The van der Waals surface area contributed by atoms with Crippen LogP contribution in [-0.2, 0) is 9.59 Å². The third-order valence-corrected chi connectivity index (χ3v) is 6.85. The lowest BCUT2D eigenvalue weighted by Gasteiger charge is -2.39. The maximum Gasteiger partial charge on any atom is 0.324 e. The fourth-order valence-corrected chi connectivity index (χ4v) is 4.77. The molecule has 0 radical (unpaired) electrons. The molecule has 0 unspecified atom stereocenters. The second-order valence-corrected chi connectivity index (χ2v) is 8.04. The molecule has 6 nitrogen and oxygen atoms in total. The van der Waals surface area contributed by atoms with Crippen LogP contribution in [-0.4, -0.2) is 41.9 Å². The predicted octanol–water partition coefficient (Wildman–Crippen LogP) is 1.65. The summed E-state index contributed by atoms with van der Waals surface area (Å²) < 4.78 is 0. The topological polar surface area (TPSA) is 78.5 Å². The molecule has 4 amide bonds. The zero-order valence-electron chi connectivity index (χ0n) is 14.3. The standard InChI is InChI=1S/C17H27N3O3/c1-16(2)11-6-7-17(16,3)12(9-11)19-13(21)5-4-8-20-14(22)10-18-15(20)23/h11-12H,4-10H2,1-3H3,(H,18,23)(H,19,21)/t11-,12-,17-/m0/s1. The molecule has 23 heavy (non-hydrogen) atoms. The number of carbonyl (C=O) groups is 3. The van der Waals surface area contributed by atoms with E-state index in [-0.39, 0.29) is 41.3 Å². The van der Waals surface area contributed by atoms with Crippen molar-refractivity contribution in [1.82, 2.24) is 15.5 Å². The Morgan fingerprint density at radius 3 is 2.61 bits per heavy atom. The number of nitrogens with one attached hydrogen (secondary N) is 2. The third-order valence-electron chi connectivity index (χ3n) is 6.85. The van der Waals surface area contributed by atoms with E-state index >= 15 is 0 Å². The minimum atomic E-state index is -0.349. The van der Waals surface area contributed by atoms with Gasteiger partial charge in [0.2, 0.25) is 11.8 Å². The van der Waals surface area contributed by atoms with Crippen LogP contribution >= 0.6 is 0 Å². The summed E-state index contributed by atoms with van der Waals surface area (Å²) in [6.07, 6.45) is 4.39. The summed E-state index contributed by atoms with van der Waals surface area (Å²) in [5, 5.41) is 5.70. The largest absolute Gasteiger partial charge is 0.353 e. The lowest BCUT2D eigenvalue weighted by Crippen LogP contribution is -2.47. The molecule has 3 aliphatic rings. The molecule has 0 aromatic heterocycles. The molecule has 3 fully saturated rings. The molecular formula is C17H27N3O3. The van der Waals surface area contributed by atoms with Gasteiger partial charge in [0.15, 0.2) is 0 Å². The molecule has 1 heterocycles. The first-order chi connectivity index (χ1) is 10.8. The average molecular weight is 321 g/mol. The lowest BCUT2D eigenvalue weighted by atomic mass is 9.69. The van der Waals surface area contributed by atoms with Crippen molar-refractivity contribution >= 4 is 17.8 Å². The Kier molecular flexibility index (Phi) is 3.89. The minimum Gasteiger partial charge on any atom is -0.353 e. The van der Waals surface area contributed by atoms with Crippen LogP contribution in [0.25, 0.3) is 0 Å². The van der Waals surface area contributed by atoms with Crippen molar-refractivity contribution in [2.45, 2.75) is 58.9 Å². The van der Waals surface area contributed by atoms with Gasteiger partial charge in [0.1, 0.15) is 0 Å².